The van der Waals surface area contributed by atoms with E-state index >= 15 is 0 Å². The quantitative estimate of drug-likeness (QED) is 0.274. The van der Waals surface area contributed by atoms with Crippen LogP contribution in [0.1, 0.15) is 20.3 Å². The third-order valence-electron chi connectivity index (χ3n) is 0.895. The van der Waals surface area contributed by atoms with Crippen molar-refractivity contribution in [3.63, 3.8) is 0 Å². The summed E-state index contributed by atoms with van der Waals surface area (Å²) in [7, 11) is 0. The molecule has 0 aromatic heterocycles. The molecule has 0 aliphatic rings. The maximum Gasteiger partial charge on any atom is 0.284 e. The van der Waals surface area contributed by atoms with Crippen molar-refractivity contribution in [3.8, 4) is 0 Å². The Labute approximate surface area is 65.5 Å². The number of nitrogens with two attached hydrogens (primary N) is 1. The van der Waals surface area contributed by atoms with Gasteiger partial charge in [-0.2, -0.15) is 0 Å². The van der Waals surface area contributed by atoms with Crippen molar-refractivity contribution in [2.45, 2.75) is 20.3 Å². The van der Waals surface area contributed by atoms with Gasteiger partial charge in [0.1, 0.15) is 0 Å². The zero-order valence-electron chi connectivity index (χ0n) is 6.68. The van der Waals surface area contributed by atoms with E-state index in [0.29, 0.717) is 6.42 Å². The molecule has 4 nitrogen and oxygen atoms in total. The number of amides is 1. The first-order valence-corrected chi connectivity index (χ1v) is 3.31. The third-order valence-corrected chi connectivity index (χ3v) is 0.895. The van der Waals surface area contributed by atoms with Gasteiger partial charge in [0.25, 0.3) is 5.91 Å². The first kappa shape index (κ1) is 9.68. The van der Waals surface area contributed by atoms with E-state index < -0.39 is 5.91 Å². The second kappa shape index (κ2) is 4.49. The molecule has 0 bridgehead atoms. The fourth-order valence-corrected chi connectivity index (χ4v) is 0.543. The number of carbonyl (C=O) groups excluding carboxylic acids is 1. The van der Waals surface area contributed by atoms with Crippen molar-refractivity contribution in [2.24, 2.45) is 5.73 Å². The minimum atomic E-state index is -0.640. The molecule has 62 valence electrons. The van der Waals surface area contributed by atoms with Crippen LogP contribution in [-0.2, 0) is 9.53 Å². The minimum Gasteiger partial charge on any atom is -0.438 e. The Morgan fingerprint density at radius 2 is 2.27 bits per heavy atom. The van der Waals surface area contributed by atoms with Gasteiger partial charge >= 0.3 is 0 Å². The van der Waals surface area contributed by atoms with Crippen LogP contribution in [-0.4, -0.2) is 11.8 Å². The second-order valence-electron chi connectivity index (χ2n) is 2.00. The Balaban J connectivity index is 4.23. The summed E-state index contributed by atoms with van der Waals surface area (Å²) >= 11 is 0. The smallest absolute Gasteiger partial charge is 0.284 e. The monoisotopic (exact) mass is 156 g/mol. The van der Waals surface area contributed by atoms with Gasteiger partial charge in [0.2, 0.25) is 0 Å². The molecule has 0 aromatic carbocycles. The third kappa shape index (κ3) is 4.13. The summed E-state index contributed by atoms with van der Waals surface area (Å²) in [4.78, 5) is 10.6. The summed E-state index contributed by atoms with van der Waals surface area (Å²) in [5, 5.41) is 6.93. The maximum atomic E-state index is 10.6. The van der Waals surface area contributed by atoms with E-state index in [9.17, 15) is 4.79 Å². The van der Waals surface area contributed by atoms with Crippen LogP contribution in [0.5, 0.6) is 0 Å². The van der Waals surface area contributed by atoms with Gasteiger partial charge < -0.3 is 10.5 Å². The molecule has 0 aromatic rings. The van der Waals surface area contributed by atoms with Crippen LogP contribution in [0.25, 0.3) is 0 Å². The Hall–Kier alpha value is -1.32. The van der Waals surface area contributed by atoms with E-state index in [-0.39, 0.29) is 11.7 Å². The Morgan fingerprint density at radius 3 is 2.55 bits per heavy atom. The van der Waals surface area contributed by atoms with Gasteiger partial charge in [0, 0.05) is 6.92 Å². The highest BCUT2D eigenvalue weighted by atomic mass is 16.5. The van der Waals surface area contributed by atoms with Crippen LogP contribution in [0.4, 0.5) is 0 Å². The summed E-state index contributed by atoms with van der Waals surface area (Å²) in [5.74, 6) is -0.637. The average Bonchev–Trinajstić information content (AvgIpc) is 1.86. The van der Waals surface area contributed by atoms with Gasteiger partial charge in [-0.1, -0.05) is 6.92 Å². The fraction of sp³-hybridized carbons (Fsp3) is 0.429. The molecule has 0 radical (unpaired) electrons. The lowest BCUT2D eigenvalue weighted by molar-refractivity contribution is -0.116. The Morgan fingerprint density at radius 1 is 1.73 bits per heavy atom. The number of ether oxygens (including phenoxy) is 1. The second-order valence-corrected chi connectivity index (χ2v) is 2.00. The Kier molecular flexibility index (Phi) is 3.95. The standard InChI is InChI=1S/C7H12N2O2/c1-3-4-6(7(9)10)11-5(2)8/h4,8H,3H2,1-2H3,(H2,9,10)/b6-4+,8-5?. The molecular formula is C7H12N2O2. The van der Waals surface area contributed by atoms with Crippen LogP contribution >= 0.6 is 0 Å². The molecule has 0 saturated heterocycles. The molecule has 3 N–H and O–H groups in total. The van der Waals surface area contributed by atoms with E-state index in [2.05, 4.69) is 0 Å². The van der Waals surface area contributed by atoms with Gasteiger partial charge in [0.05, 0.1) is 0 Å². The molecule has 1 amide bonds. The molecule has 0 aliphatic carbocycles. The molecule has 4 heteroatoms. The summed E-state index contributed by atoms with van der Waals surface area (Å²) < 4.78 is 4.72. The van der Waals surface area contributed by atoms with E-state index in [1.165, 1.54) is 6.92 Å². The van der Waals surface area contributed by atoms with Gasteiger partial charge in [-0.25, -0.2) is 0 Å². The first-order valence-electron chi connectivity index (χ1n) is 3.31. The molecule has 0 spiro atoms. The lowest BCUT2D eigenvalue weighted by atomic mass is 10.3. The molecule has 0 saturated carbocycles. The molecular weight excluding hydrogens is 144 g/mol. The number of hydrogen-bond donors (Lipinski definition) is 2. The maximum absolute atomic E-state index is 10.6. The van der Waals surface area contributed by atoms with Crippen LogP contribution in [0, 0.1) is 5.41 Å². The van der Waals surface area contributed by atoms with Crippen molar-refractivity contribution in [2.75, 3.05) is 0 Å². The van der Waals surface area contributed by atoms with Crippen molar-refractivity contribution in [3.05, 3.63) is 11.8 Å². The topological polar surface area (TPSA) is 76.2 Å². The van der Waals surface area contributed by atoms with Crippen molar-refractivity contribution in [1.29, 1.82) is 5.41 Å². The SMILES string of the molecule is CC/C=C(/OC(C)=N)C(N)=O. The fourth-order valence-electron chi connectivity index (χ4n) is 0.543. The molecule has 0 unspecified atom stereocenters. The highest BCUT2D eigenvalue weighted by Crippen LogP contribution is 1.98. The Bertz CT molecular complexity index is 197. The molecule has 0 atom stereocenters. The van der Waals surface area contributed by atoms with Crippen LogP contribution in [0.2, 0.25) is 0 Å². The van der Waals surface area contributed by atoms with Crippen LogP contribution < -0.4 is 5.73 Å². The number of nitrogens with one attached hydrogen (secondary N) is 1. The molecule has 0 fully saturated rings. The van der Waals surface area contributed by atoms with Crippen molar-refractivity contribution in [1.82, 2.24) is 0 Å². The predicted octanol–water partition coefficient (Wildman–Crippen LogP) is 0.779. The van der Waals surface area contributed by atoms with Crippen LogP contribution in [0.15, 0.2) is 11.8 Å². The molecule has 0 rings (SSSR count). The molecule has 0 heterocycles. The largest absolute Gasteiger partial charge is 0.438 e. The zero-order chi connectivity index (χ0) is 8.85. The van der Waals surface area contributed by atoms with Gasteiger partial charge in [-0.05, 0) is 12.5 Å². The number of carbonyl (C=O) groups is 1. The van der Waals surface area contributed by atoms with Gasteiger partial charge in [0.15, 0.2) is 11.7 Å². The molecule has 11 heavy (non-hydrogen) atoms. The predicted molar refractivity (Wildman–Crippen MR) is 42.1 cm³/mol. The summed E-state index contributed by atoms with van der Waals surface area (Å²) in [6.45, 7) is 3.29. The van der Waals surface area contributed by atoms with E-state index in [1.807, 2.05) is 6.92 Å². The van der Waals surface area contributed by atoms with Crippen LogP contribution in [0.3, 0.4) is 0 Å². The number of allylic oxidation sites excluding steroid dienone is 1. The minimum absolute atomic E-state index is 0.0384. The number of hydrogen-bond acceptors (Lipinski definition) is 3. The van der Waals surface area contributed by atoms with E-state index in [4.69, 9.17) is 15.9 Å². The van der Waals surface area contributed by atoms with E-state index in [0.717, 1.165) is 0 Å². The van der Waals surface area contributed by atoms with Crippen molar-refractivity contribution < 1.29 is 9.53 Å². The number of rotatable bonds is 3. The highest BCUT2D eigenvalue weighted by molar-refractivity contribution is 5.92. The zero-order valence-corrected chi connectivity index (χ0v) is 6.68. The lowest BCUT2D eigenvalue weighted by Crippen LogP contribution is -2.17. The first-order chi connectivity index (χ1) is 5.07. The highest BCUT2D eigenvalue weighted by Gasteiger charge is 2.05. The molecule has 0 aliphatic heterocycles. The number of primary amides is 1. The summed E-state index contributed by atoms with van der Waals surface area (Å²) in [5.41, 5.74) is 4.94. The summed E-state index contributed by atoms with van der Waals surface area (Å²) in [6, 6.07) is 0. The van der Waals surface area contributed by atoms with Gasteiger partial charge in [-0.3, -0.25) is 10.2 Å². The lowest BCUT2D eigenvalue weighted by Gasteiger charge is -2.02. The average molecular weight is 156 g/mol. The van der Waals surface area contributed by atoms with Crippen molar-refractivity contribution >= 4 is 11.8 Å². The van der Waals surface area contributed by atoms with Gasteiger partial charge in [-0.15, -0.1) is 0 Å². The summed E-state index contributed by atoms with van der Waals surface area (Å²) in [6.07, 6.45) is 2.20. The van der Waals surface area contributed by atoms with E-state index in [1.54, 1.807) is 6.08 Å². The normalized spacial score (nSPS) is 10.9.